The number of halogens is 2. The van der Waals surface area contributed by atoms with E-state index < -0.39 is 0 Å². The quantitative estimate of drug-likeness (QED) is 0.632. The number of fused-ring (bicyclic) bond motifs is 1. The van der Waals surface area contributed by atoms with E-state index in [1.165, 1.54) is 5.56 Å². The standard InChI is InChI=1S/C19H20Cl2N2O/c1-12-11-19(2,3)23(17-7-5-4-6-14(12)17)18(24)22-13-8-9-15(20)16(21)10-13/h4-10,12H,11H2,1-3H3,(H,22,24)/t12-/m1/s1. The van der Waals surface area contributed by atoms with Gasteiger partial charge in [0.05, 0.1) is 10.0 Å². The Bertz CT molecular complexity index is 789. The van der Waals surface area contributed by atoms with Crippen LogP contribution in [0.1, 0.15) is 38.7 Å². The molecule has 1 heterocycles. The number of hydrogen-bond acceptors (Lipinski definition) is 1. The fraction of sp³-hybridized carbons (Fsp3) is 0.316. The molecule has 0 saturated heterocycles. The van der Waals surface area contributed by atoms with Crippen LogP contribution < -0.4 is 10.2 Å². The average Bonchev–Trinajstić information content (AvgIpc) is 2.50. The maximum atomic E-state index is 13.0. The summed E-state index contributed by atoms with van der Waals surface area (Å²) in [6, 6.07) is 13.0. The highest BCUT2D eigenvalue weighted by Gasteiger charge is 2.39. The SMILES string of the molecule is C[C@@H]1CC(C)(C)N(C(=O)Nc2ccc(Cl)c(Cl)c2)c2ccccc21. The molecule has 3 rings (SSSR count). The van der Waals surface area contributed by atoms with Crippen molar-refractivity contribution in [2.45, 2.75) is 38.6 Å². The van der Waals surface area contributed by atoms with Crippen molar-refractivity contribution in [2.24, 2.45) is 0 Å². The van der Waals surface area contributed by atoms with Crippen LogP contribution in [0.25, 0.3) is 0 Å². The Morgan fingerprint density at radius 1 is 1.17 bits per heavy atom. The molecule has 0 unspecified atom stereocenters. The number of urea groups is 1. The lowest BCUT2D eigenvalue weighted by molar-refractivity contribution is 0.247. The fourth-order valence-corrected chi connectivity index (χ4v) is 3.82. The lowest BCUT2D eigenvalue weighted by atomic mass is 9.80. The molecule has 1 aliphatic heterocycles. The number of nitrogens with zero attached hydrogens (tertiary/aromatic N) is 1. The maximum absolute atomic E-state index is 13.0. The van der Waals surface area contributed by atoms with E-state index in [-0.39, 0.29) is 11.6 Å². The van der Waals surface area contributed by atoms with Gasteiger partial charge in [0.2, 0.25) is 0 Å². The van der Waals surface area contributed by atoms with Crippen LogP contribution in [0.15, 0.2) is 42.5 Å². The molecule has 0 bridgehead atoms. The van der Waals surface area contributed by atoms with Crippen LogP contribution in [0.3, 0.4) is 0 Å². The Morgan fingerprint density at radius 2 is 1.88 bits per heavy atom. The zero-order valence-electron chi connectivity index (χ0n) is 13.9. The van der Waals surface area contributed by atoms with Gasteiger partial charge in [-0.25, -0.2) is 4.79 Å². The number of carbonyl (C=O) groups is 1. The van der Waals surface area contributed by atoms with Crippen LogP contribution in [0.2, 0.25) is 10.0 Å². The third-order valence-corrected chi connectivity index (χ3v) is 5.23. The topological polar surface area (TPSA) is 32.3 Å². The molecule has 2 aromatic carbocycles. The summed E-state index contributed by atoms with van der Waals surface area (Å²) in [7, 11) is 0. The van der Waals surface area contributed by atoms with E-state index in [0.717, 1.165) is 12.1 Å². The number of anilines is 2. The van der Waals surface area contributed by atoms with Crippen molar-refractivity contribution in [3.8, 4) is 0 Å². The Hall–Kier alpha value is -1.71. The van der Waals surface area contributed by atoms with E-state index in [1.807, 2.05) is 23.1 Å². The largest absolute Gasteiger partial charge is 0.326 e. The number of nitrogens with one attached hydrogen (secondary N) is 1. The van der Waals surface area contributed by atoms with Crippen LogP contribution >= 0.6 is 23.2 Å². The molecular weight excluding hydrogens is 343 g/mol. The van der Waals surface area contributed by atoms with Gasteiger partial charge in [-0.15, -0.1) is 0 Å². The molecule has 24 heavy (non-hydrogen) atoms. The second kappa shape index (κ2) is 6.30. The van der Waals surface area contributed by atoms with E-state index in [0.29, 0.717) is 21.7 Å². The molecule has 0 spiro atoms. The van der Waals surface area contributed by atoms with Gasteiger partial charge < -0.3 is 5.32 Å². The van der Waals surface area contributed by atoms with Gasteiger partial charge in [-0.2, -0.15) is 0 Å². The van der Waals surface area contributed by atoms with E-state index in [4.69, 9.17) is 23.2 Å². The third kappa shape index (κ3) is 3.11. The lowest BCUT2D eigenvalue weighted by Gasteiger charge is -2.45. The number of carbonyl (C=O) groups excluding carboxylic acids is 1. The Labute approximate surface area is 152 Å². The molecule has 1 aliphatic rings. The molecular formula is C19H20Cl2N2O. The van der Waals surface area contributed by atoms with Crippen LogP contribution in [0.5, 0.6) is 0 Å². The van der Waals surface area contributed by atoms with Gasteiger partial charge in [-0.1, -0.05) is 48.3 Å². The van der Waals surface area contributed by atoms with Crippen LogP contribution in [-0.2, 0) is 0 Å². The predicted octanol–water partition coefficient (Wildman–Crippen LogP) is 6.32. The summed E-state index contributed by atoms with van der Waals surface area (Å²) < 4.78 is 0. The van der Waals surface area contributed by atoms with Crippen LogP contribution in [0.4, 0.5) is 16.2 Å². The Balaban J connectivity index is 1.95. The van der Waals surface area contributed by atoms with E-state index in [9.17, 15) is 4.79 Å². The number of para-hydroxylation sites is 1. The van der Waals surface area contributed by atoms with Crippen molar-refractivity contribution in [1.82, 2.24) is 0 Å². The van der Waals surface area contributed by atoms with Gasteiger partial charge >= 0.3 is 6.03 Å². The van der Waals surface area contributed by atoms with Crippen molar-refractivity contribution in [3.63, 3.8) is 0 Å². The minimum atomic E-state index is -0.284. The molecule has 0 saturated carbocycles. The lowest BCUT2D eigenvalue weighted by Crippen LogP contribution is -2.53. The van der Waals surface area contributed by atoms with Crippen LogP contribution in [-0.4, -0.2) is 11.6 Å². The normalized spacial score (nSPS) is 18.9. The van der Waals surface area contributed by atoms with Gasteiger partial charge in [0.15, 0.2) is 0 Å². The number of rotatable bonds is 1. The van der Waals surface area contributed by atoms with E-state index >= 15 is 0 Å². The molecule has 0 fully saturated rings. The summed E-state index contributed by atoms with van der Waals surface area (Å²) in [5, 5.41) is 3.82. The molecule has 3 nitrogen and oxygen atoms in total. The smallest absolute Gasteiger partial charge is 0.307 e. The molecule has 1 atom stereocenters. The van der Waals surface area contributed by atoms with Crippen molar-refractivity contribution < 1.29 is 4.79 Å². The third-order valence-electron chi connectivity index (χ3n) is 4.49. The monoisotopic (exact) mass is 362 g/mol. The maximum Gasteiger partial charge on any atom is 0.326 e. The van der Waals surface area contributed by atoms with Crippen molar-refractivity contribution >= 4 is 40.6 Å². The first-order chi connectivity index (χ1) is 11.3. The minimum absolute atomic E-state index is 0.169. The number of amides is 2. The molecule has 5 heteroatoms. The van der Waals surface area contributed by atoms with E-state index in [1.54, 1.807) is 18.2 Å². The Morgan fingerprint density at radius 3 is 2.58 bits per heavy atom. The molecule has 0 aliphatic carbocycles. The summed E-state index contributed by atoms with van der Waals surface area (Å²) in [5.74, 6) is 0.408. The highest BCUT2D eigenvalue weighted by Crippen LogP contribution is 2.43. The van der Waals surface area contributed by atoms with Crippen molar-refractivity contribution in [2.75, 3.05) is 10.2 Å². The van der Waals surface area contributed by atoms with Crippen molar-refractivity contribution in [1.29, 1.82) is 0 Å². The first-order valence-corrected chi connectivity index (χ1v) is 8.70. The van der Waals surface area contributed by atoms with Gasteiger partial charge in [-0.05, 0) is 56.0 Å². The van der Waals surface area contributed by atoms with Gasteiger partial charge in [-0.3, -0.25) is 4.90 Å². The molecule has 1 N–H and O–H groups in total. The van der Waals surface area contributed by atoms with Crippen LogP contribution in [0, 0.1) is 0 Å². The fourth-order valence-electron chi connectivity index (χ4n) is 3.52. The Kier molecular flexibility index (Phi) is 4.50. The second-order valence-electron chi connectivity index (χ2n) is 6.87. The highest BCUT2D eigenvalue weighted by atomic mass is 35.5. The molecule has 126 valence electrons. The second-order valence-corrected chi connectivity index (χ2v) is 7.69. The molecule has 0 radical (unpaired) electrons. The summed E-state index contributed by atoms with van der Waals surface area (Å²) in [6.07, 6.45) is 0.902. The summed E-state index contributed by atoms with van der Waals surface area (Å²) in [4.78, 5) is 14.8. The molecule has 2 aromatic rings. The van der Waals surface area contributed by atoms with Gasteiger partial charge in [0, 0.05) is 16.9 Å². The van der Waals surface area contributed by atoms with Crippen molar-refractivity contribution in [3.05, 3.63) is 58.1 Å². The number of hydrogen-bond donors (Lipinski definition) is 1. The zero-order valence-corrected chi connectivity index (χ0v) is 15.4. The molecule has 0 aromatic heterocycles. The minimum Gasteiger partial charge on any atom is -0.307 e. The summed E-state index contributed by atoms with van der Waals surface area (Å²) >= 11 is 12.0. The van der Waals surface area contributed by atoms with Gasteiger partial charge in [0.1, 0.15) is 0 Å². The molecule has 2 amide bonds. The predicted molar refractivity (Wildman–Crippen MR) is 102 cm³/mol. The number of benzene rings is 2. The van der Waals surface area contributed by atoms with Gasteiger partial charge in [0.25, 0.3) is 0 Å². The first-order valence-electron chi connectivity index (χ1n) is 7.95. The highest BCUT2D eigenvalue weighted by molar-refractivity contribution is 6.42. The summed E-state index contributed by atoms with van der Waals surface area (Å²) in [6.45, 7) is 6.39. The summed E-state index contributed by atoms with van der Waals surface area (Å²) in [5.41, 5.74) is 2.50. The average molecular weight is 363 g/mol. The first kappa shape index (κ1) is 17.1. The van der Waals surface area contributed by atoms with E-state index in [2.05, 4.69) is 32.2 Å². The zero-order chi connectivity index (χ0) is 17.5.